The van der Waals surface area contributed by atoms with E-state index in [0.717, 1.165) is 11.4 Å². The van der Waals surface area contributed by atoms with Gasteiger partial charge in [-0.3, -0.25) is 0 Å². The van der Waals surface area contributed by atoms with Gasteiger partial charge in [-0.1, -0.05) is 12.1 Å². The molecule has 19 heavy (non-hydrogen) atoms. The number of amides is 1. The van der Waals surface area contributed by atoms with Crippen molar-refractivity contribution in [3.05, 3.63) is 47.3 Å². The summed E-state index contributed by atoms with van der Waals surface area (Å²) in [6.07, 6.45) is 1.77. The molecule has 0 saturated carbocycles. The van der Waals surface area contributed by atoms with Crippen molar-refractivity contribution < 1.29 is 47.3 Å². The normalized spacial score (nSPS) is 9.58. The Hall–Kier alpha value is -1.17. The van der Waals surface area contributed by atoms with E-state index in [2.05, 4.69) is 10.4 Å². The Balaban J connectivity index is 0.00000180. The molecule has 0 aliphatic carbocycles. The first-order valence-electron chi connectivity index (χ1n) is 5.43. The van der Waals surface area contributed by atoms with Crippen molar-refractivity contribution in [2.24, 2.45) is 0 Å². The second-order valence-corrected chi connectivity index (χ2v) is 3.95. The summed E-state index contributed by atoms with van der Waals surface area (Å²) < 4.78 is 1.30. The first kappa shape index (κ1) is 15.9. The van der Waals surface area contributed by atoms with Gasteiger partial charge in [0.1, 0.15) is 0 Å². The van der Waals surface area contributed by atoms with E-state index in [9.17, 15) is 9.59 Å². The largest absolute Gasteiger partial charge is 0.376 e. The van der Waals surface area contributed by atoms with E-state index in [1.807, 2.05) is 19.9 Å². The molecule has 0 bridgehead atoms. The molecule has 1 aromatic heterocycles. The van der Waals surface area contributed by atoms with E-state index in [1.165, 1.54) is 4.68 Å². The minimum absolute atomic E-state index is 0. The van der Waals surface area contributed by atoms with Gasteiger partial charge in [-0.05, 0) is 19.9 Å². The number of aromatic nitrogens is 2. The van der Waals surface area contributed by atoms with E-state index in [-0.39, 0.29) is 43.8 Å². The molecule has 0 aliphatic rings. The summed E-state index contributed by atoms with van der Waals surface area (Å²) in [6, 6.07) is 7.95. The Bertz CT molecular complexity index is 590. The van der Waals surface area contributed by atoms with Crippen LogP contribution in [-0.4, -0.2) is 22.1 Å². The number of hydrogen-bond acceptors (Lipinski definition) is 3. The number of hydrogen-bond donors (Lipinski definition) is 1. The summed E-state index contributed by atoms with van der Waals surface area (Å²) >= 11 is 0. The van der Waals surface area contributed by atoms with Crippen LogP contribution in [0.4, 0.5) is 10.5 Å². The van der Waals surface area contributed by atoms with Gasteiger partial charge >= 0.3 is 6.03 Å². The Labute approximate surface area is 141 Å². The quantitative estimate of drug-likeness (QED) is 0.613. The van der Waals surface area contributed by atoms with Crippen LogP contribution in [0.25, 0.3) is 0 Å². The number of aryl methyl sites for hydroxylation is 2. The van der Waals surface area contributed by atoms with Crippen LogP contribution in [0.1, 0.15) is 17.0 Å². The van der Waals surface area contributed by atoms with Crippen LogP contribution in [0, 0.1) is 51.6 Å². The molecule has 5 nitrogen and oxygen atoms in total. The number of nitrogens with zero attached hydrogens (tertiary/aromatic N) is 2. The van der Waals surface area contributed by atoms with Crippen molar-refractivity contribution in [1.82, 2.24) is 9.78 Å². The molecule has 0 unspecified atom stereocenters. The van der Waals surface area contributed by atoms with Crippen molar-refractivity contribution in [2.75, 3.05) is 5.32 Å². The average molecular weight is 407 g/mol. The molecule has 1 aromatic carbocycles. The fraction of sp³-hybridized carbons (Fsp3) is 0.154. The van der Waals surface area contributed by atoms with Crippen LogP contribution < -0.4 is 5.32 Å². The maximum Gasteiger partial charge on any atom is 0.346 e. The van der Waals surface area contributed by atoms with Crippen molar-refractivity contribution in [3.63, 3.8) is 0 Å². The third-order valence-electron chi connectivity index (χ3n) is 2.46. The predicted octanol–water partition coefficient (Wildman–Crippen LogP) is 2.04. The zero-order valence-corrected chi connectivity index (χ0v) is 12.3. The molecule has 1 heterocycles. The van der Waals surface area contributed by atoms with Crippen LogP contribution in [-0.2, 0) is 4.79 Å². The summed E-state index contributed by atoms with van der Waals surface area (Å²) in [5.41, 5.74) is 2.60. The van der Waals surface area contributed by atoms with Gasteiger partial charge in [-0.15, -0.1) is 0 Å². The van der Waals surface area contributed by atoms with Crippen molar-refractivity contribution in [1.29, 1.82) is 0 Å². The second kappa shape index (κ2) is 6.84. The number of nitrogens with one attached hydrogen (secondary N) is 1. The molecular weight excluding hydrogens is 395 g/mol. The van der Waals surface area contributed by atoms with Crippen LogP contribution in [0.5, 0.6) is 0 Å². The number of carbonyl (C=O) groups excluding carboxylic acids is 2. The summed E-state index contributed by atoms with van der Waals surface area (Å²) in [5, 5.41) is 6.78. The number of carbonyl (C=O) groups is 1. The monoisotopic (exact) mass is 407 g/mol. The molecule has 0 spiro atoms. The van der Waals surface area contributed by atoms with Crippen molar-refractivity contribution in [3.8, 4) is 0 Å². The van der Waals surface area contributed by atoms with Gasteiger partial charge in [0.05, 0.1) is 12.0 Å². The number of benzene rings is 1. The summed E-state index contributed by atoms with van der Waals surface area (Å²) in [5.74, 6) is 0. The Morgan fingerprint density at radius 2 is 1.89 bits per heavy atom. The van der Waals surface area contributed by atoms with Crippen molar-refractivity contribution >= 4 is 18.0 Å². The molecule has 2 aromatic rings. The average Bonchev–Trinajstić information content (AvgIpc) is 2.69. The Kier molecular flexibility index (Phi) is 5.72. The van der Waals surface area contributed by atoms with Gasteiger partial charge in [0.2, 0.25) is 0 Å². The van der Waals surface area contributed by atoms with Crippen LogP contribution >= 0.6 is 0 Å². The molecule has 6 heteroatoms. The predicted molar refractivity (Wildman–Crippen MR) is 67.4 cm³/mol. The molecule has 103 valence electrons. The minimum Gasteiger partial charge on any atom is -0.376 e. The van der Waals surface area contributed by atoms with Crippen molar-refractivity contribution in [2.45, 2.75) is 13.8 Å². The maximum absolute atomic E-state index is 11.9. The van der Waals surface area contributed by atoms with Crippen LogP contribution in [0.3, 0.4) is 0 Å². The number of rotatable bonds is 2. The zero-order chi connectivity index (χ0) is 13.1. The Morgan fingerprint density at radius 3 is 2.37 bits per heavy atom. The maximum atomic E-state index is 11.9. The molecular formula is C13H12HoN3O2-. The second-order valence-electron chi connectivity index (χ2n) is 3.95. The van der Waals surface area contributed by atoms with E-state index < -0.39 is 0 Å². The van der Waals surface area contributed by atoms with E-state index >= 15 is 0 Å². The SMILES string of the molecule is Cc1cc(C)n(C(=O)Nc2ccc([C-]=O)cc2)n1.[Ho]. The summed E-state index contributed by atoms with van der Waals surface area (Å²) in [4.78, 5) is 22.3. The standard InChI is InChI=1S/C13H12N3O2.Ho/c1-9-7-10(2)16(15-9)13(18)14-12-5-3-11(8-17)4-6-12;/h3-7H,1-2H3,(H,14,18);/q-1;. The first-order valence-corrected chi connectivity index (χ1v) is 5.43. The molecule has 0 atom stereocenters. The van der Waals surface area contributed by atoms with Gasteiger partial charge in [0.25, 0.3) is 0 Å². The summed E-state index contributed by atoms with van der Waals surface area (Å²) in [6.45, 7) is 3.63. The van der Waals surface area contributed by atoms with Gasteiger partial charge in [-0.2, -0.15) is 27.5 Å². The van der Waals surface area contributed by atoms with Gasteiger partial charge < -0.3 is 10.1 Å². The van der Waals surface area contributed by atoms with Crippen LogP contribution in [0.15, 0.2) is 30.3 Å². The zero-order valence-electron chi connectivity index (χ0n) is 10.4. The molecule has 2 rings (SSSR count). The molecule has 1 amide bonds. The van der Waals surface area contributed by atoms with E-state index in [0.29, 0.717) is 11.3 Å². The molecule has 1 N–H and O–H groups in total. The summed E-state index contributed by atoms with van der Waals surface area (Å²) in [7, 11) is 0. The van der Waals surface area contributed by atoms with Gasteiger partial charge in [0, 0.05) is 49.1 Å². The van der Waals surface area contributed by atoms with Crippen LogP contribution in [0.2, 0.25) is 0 Å². The first-order chi connectivity index (χ1) is 8.60. The third-order valence-corrected chi connectivity index (χ3v) is 2.46. The van der Waals surface area contributed by atoms with Gasteiger partial charge in [-0.25, -0.2) is 4.79 Å². The fourth-order valence-corrected chi connectivity index (χ4v) is 1.63. The minimum atomic E-state index is -0.330. The smallest absolute Gasteiger partial charge is 0.346 e. The fourth-order valence-electron chi connectivity index (χ4n) is 1.63. The third kappa shape index (κ3) is 3.89. The topological polar surface area (TPSA) is 64.0 Å². The molecule has 0 fully saturated rings. The number of anilines is 1. The molecule has 0 saturated heterocycles. The molecule has 1 radical (unpaired) electrons. The van der Waals surface area contributed by atoms with Gasteiger partial charge in [0.15, 0.2) is 0 Å². The van der Waals surface area contributed by atoms with E-state index in [4.69, 9.17) is 0 Å². The Morgan fingerprint density at radius 1 is 1.26 bits per heavy atom. The van der Waals surface area contributed by atoms with E-state index in [1.54, 1.807) is 30.6 Å². The molecule has 0 aliphatic heterocycles.